The van der Waals surface area contributed by atoms with Crippen LogP contribution in [0.5, 0.6) is 5.75 Å². The molecule has 2 aromatic rings. The molecule has 2 N–H and O–H groups in total. The lowest BCUT2D eigenvalue weighted by Crippen LogP contribution is -2.68. The molecule has 0 bridgehead atoms. The Hall–Kier alpha value is -3.13. The molecule has 11 nitrogen and oxygen atoms in total. The lowest BCUT2D eigenvalue weighted by atomic mass is 10.1. The summed E-state index contributed by atoms with van der Waals surface area (Å²) in [5.74, 6) is -1.99. The monoisotopic (exact) mass is 527 g/mol. The summed E-state index contributed by atoms with van der Waals surface area (Å²) in [7, 11) is -4.30. The van der Waals surface area contributed by atoms with Gasteiger partial charge in [-0.1, -0.05) is 17.7 Å². The average Bonchev–Trinajstić information content (AvgIpc) is 2.78. The first-order chi connectivity index (χ1) is 15.6. The van der Waals surface area contributed by atoms with Gasteiger partial charge in [-0.25, -0.2) is 4.79 Å². The van der Waals surface area contributed by atoms with Crippen molar-refractivity contribution in [2.24, 2.45) is 5.73 Å². The molecule has 1 amide bonds. The quantitative estimate of drug-likeness (QED) is 0.147. The number of esters is 1. The molecule has 4 rings (SSSR count). The molecule has 2 heterocycles. The van der Waals surface area contributed by atoms with Gasteiger partial charge in [-0.2, -0.15) is 8.42 Å². The SMILES string of the molecule is Cc1ccc(S(=O)(=O)OC2=C(C(=O)Oc3ccc([N+](=O)[O-])cc3)N3C(=O)C(N)[C@H]3SC2)cc1.Cl. The molecule has 14 heteroatoms. The van der Waals surface area contributed by atoms with Gasteiger partial charge in [-0.15, -0.1) is 24.2 Å². The number of rotatable bonds is 6. The topological polar surface area (TPSA) is 159 Å². The minimum atomic E-state index is -4.30. The number of hydrogen-bond acceptors (Lipinski definition) is 10. The van der Waals surface area contributed by atoms with Gasteiger partial charge < -0.3 is 14.7 Å². The number of thioether (sulfide) groups is 1. The zero-order chi connectivity index (χ0) is 23.9. The van der Waals surface area contributed by atoms with Gasteiger partial charge in [0.2, 0.25) is 5.91 Å². The summed E-state index contributed by atoms with van der Waals surface area (Å²) in [4.78, 5) is 36.5. The van der Waals surface area contributed by atoms with Crippen LogP contribution in [-0.2, 0) is 23.9 Å². The fourth-order valence-corrected chi connectivity index (χ4v) is 5.46. The van der Waals surface area contributed by atoms with Crippen LogP contribution in [0.1, 0.15) is 5.56 Å². The van der Waals surface area contributed by atoms with Crippen molar-refractivity contribution in [3.8, 4) is 5.75 Å². The van der Waals surface area contributed by atoms with Crippen LogP contribution in [0.25, 0.3) is 0 Å². The number of carbonyl (C=O) groups is 2. The molecule has 2 atom stereocenters. The maximum absolute atomic E-state index is 13.0. The number of halogens is 1. The largest absolute Gasteiger partial charge is 0.422 e. The Morgan fingerprint density at radius 1 is 1.18 bits per heavy atom. The zero-order valence-corrected chi connectivity index (χ0v) is 19.9. The number of nitro groups is 1. The van der Waals surface area contributed by atoms with Crippen molar-refractivity contribution < 1.29 is 31.9 Å². The van der Waals surface area contributed by atoms with Crippen molar-refractivity contribution in [1.29, 1.82) is 0 Å². The minimum absolute atomic E-state index is 0. The van der Waals surface area contributed by atoms with Gasteiger partial charge in [-0.05, 0) is 31.2 Å². The third kappa shape index (κ3) is 4.73. The van der Waals surface area contributed by atoms with Gasteiger partial charge in [0.15, 0.2) is 11.5 Å². The van der Waals surface area contributed by atoms with E-state index in [9.17, 15) is 28.1 Å². The molecule has 0 aromatic heterocycles. The molecule has 34 heavy (non-hydrogen) atoms. The summed E-state index contributed by atoms with van der Waals surface area (Å²) < 4.78 is 36.1. The molecule has 0 spiro atoms. The third-order valence-corrected chi connectivity index (χ3v) is 7.49. The van der Waals surface area contributed by atoms with E-state index in [1.54, 1.807) is 19.1 Å². The Morgan fingerprint density at radius 2 is 1.79 bits per heavy atom. The van der Waals surface area contributed by atoms with Crippen LogP contribution in [0.4, 0.5) is 5.69 Å². The van der Waals surface area contributed by atoms with Crippen LogP contribution >= 0.6 is 24.2 Å². The Morgan fingerprint density at radius 3 is 2.38 bits per heavy atom. The van der Waals surface area contributed by atoms with Gasteiger partial charge in [0.05, 0.1) is 10.7 Å². The smallest absolute Gasteiger partial charge is 0.364 e. The molecule has 2 aliphatic rings. The highest BCUT2D eigenvalue weighted by molar-refractivity contribution is 8.00. The van der Waals surface area contributed by atoms with Gasteiger partial charge in [0, 0.05) is 12.1 Å². The van der Waals surface area contributed by atoms with Gasteiger partial charge in [0.1, 0.15) is 22.1 Å². The Labute approximate surface area is 204 Å². The fraction of sp³-hybridized carbons (Fsp3) is 0.200. The number of nitrogens with two attached hydrogens (primary N) is 1. The maximum atomic E-state index is 13.0. The fourth-order valence-electron chi connectivity index (χ4n) is 3.22. The number of benzene rings is 2. The first-order valence-corrected chi connectivity index (χ1v) is 12.0. The Balaban J connectivity index is 0.00000324. The second kappa shape index (κ2) is 9.62. The van der Waals surface area contributed by atoms with E-state index >= 15 is 0 Å². The van der Waals surface area contributed by atoms with Gasteiger partial charge >= 0.3 is 16.1 Å². The van der Waals surface area contributed by atoms with E-state index in [1.165, 1.54) is 24.3 Å². The summed E-state index contributed by atoms with van der Waals surface area (Å²) in [6.45, 7) is 1.79. The van der Waals surface area contributed by atoms with E-state index in [4.69, 9.17) is 14.7 Å². The lowest BCUT2D eigenvalue weighted by Gasteiger charge is -2.47. The highest BCUT2D eigenvalue weighted by atomic mass is 35.5. The molecule has 1 saturated heterocycles. The first-order valence-electron chi connectivity index (χ1n) is 9.49. The molecule has 0 radical (unpaired) electrons. The lowest BCUT2D eigenvalue weighted by molar-refractivity contribution is -0.384. The van der Waals surface area contributed by atoms with E-state index in [0.717, 1.165) is 34.4 Å². The predicted octanol–water partition coefficient (Wildman–Crippen LogP) is 2.09. The molecule has 180 valence electrons. The molecule has 1 unspecified atom stereocenters. The zero-order valence-electron chi connectivity index (χ0n) is 17.4. The van der Waals surface area contributed by atoms with Crippen LogP contribution in [0.15, 0.2) is 64.9 Å². The Kier molecular flexibility index (Phi) is 7.21. The van der Waals surface area contributed by atoms with E-state index in [-0.39, 0.29) is 45.9 Å². The van der Waals surface area contributed by atoms with Crippen molar-refractivity contribution in [2.75, 3.05) is 5.75 Å². The molecular weight excluding hydrogens is 510 g/mol. The van der Waals surface area contributed by atoms with Crippen LogP contribution in [0.3, 0.4) is 0 Å². The van der Waals surface area contributed by atoms with E-state index < -0.39 is 38.3 Å². The number of ether oxygens (including phenoxy) is 1. The predicted molar refractivity (Wildman–Crippen MR) is 124 cm³/mol. The summed E-state index contributed by atoms with van der Waals surface area (Å²) in [6.07, 6.45) is 0. The highest BCUT2D eigenvalue weighted by Gasteiger charge is 2.53. The molecule has 2 aliphatic heterocycles. The number of nitrogens with zero attached hydrogens (tertiary/aromatic N) is 2. The number of amides is 1. The number of aryl methyl sites for hydroxylation is 1. The summed E-state index contributed by atoms with van der Waals surface area (Å²) in [6, 6.07) is 9.76. The second-order valence-electron chi connectivity index (χ2n) is 7.20. The number of hydrogen-bond donors (Lipinski definition) is 1. The number of non-ortho nitro benzene ring substituents is 1. The molecule has 0 aliphatic carbocycles. The highest BCUT2D eigenvalue weighted by Crippen LogP contribution is 2.41. The van der Waals surface area contributed by atoms with Crippen LogP contribution < -0.4 is 10.5 Å². The number of carbonyl (C=O) groups excluding carboxylic acids is 2. The van der Waals surface area contributed by atoms with Crippen molar-refractivity contribution in [2.45, 2.75) is 23.2 Å². The van der Waals surface area contributed by atoms with E-state index in [2.05, 4.69) is 0 Å². The second-order valence-corrected chi connectivity index (χ2v) is 9.85. The number of nitro benzene ring substituents is 1. The number of fused-ring (bicyclic) bond motifs is 1. The summed E-state index contributed by atoms with van der Waals surface area (Å²) >= 11 is 1.15. The minimum Gasteiger partial charge on any atom is -0.422 e. The summed E-state index contributed by atoms with van der Waals surface area (Å²) in [5.41, 5.74) is 6.07. The van der Waals surface area contributed by atoms with Crippen LogP contribution in [0.2, 0.25) is 0 Å². The number of β-lactam (4-membered cyclic amide) rings is 1. The third-order valence-electron chi connectivity index (χ3n) is 4.95. The first kappa shape index (κ1) is 25.5. The molecule has 0 saturated carbocycles. The normalized spacial score (nSPS) is 19.5. The molecule has 2 aromatic carbocycles. The van der Waals surface area contributed by atoms with Crippen molar-refractivity contribution in [1.82, 2.24) is 4.90 Å². The van der Waals surface area contributed by atoms with Crippen molar-refractivity contribution >= 4 is 51.9 Å². The van der Waals surface area contributed by atoms with Crippen LogP contribution in [-0.4, -0.2) is 47.3 Å². The average molecular weight is 528 g/mol. The molecule has 1 fully saturated rings. The van der Waals surface area contributed by atoms with E-state index in [1.807, 2.05) is 0 Å². The van der Waals surface area contributed by atoms with Gasteiger partial charge in [0.25, 0.3) is 5.69 Å². The summed E-state index contributed by atoms with van der Waals surface area (Å²) in [5, 5.41) is 10.2. The molecular formula is C20H18ClN3O8S2. The Bertz CT molecular complexity index is 1280. The van der Waals surface area contributed by atoms with Crippen molar-refractivity contribution in [3.63, 3.8) is 0 Å². The van der Waals surface area contributed by atoms with E-state index in [0.29, 0.717) is 0 Å². The van der Waals surface area contributed by atoms with Crippen LogP contribution in [0, 0.1) is 17.0 Å². The standard InChI is InChI=1S/C20H17N3O8S2.ClH/c1-11-2-8-14(9-3-11)33(28,29)31-15-10-32-19-16(21)18(24)22(19)17(15)20(25)30-13-6-4-12(5-7-13)23(26)27;/h2-9,16,19H,10,21H2,1H3;1H/t16?,19-;/m1./s1. The maximum Gasteiger partial charge on any atom is 0.364 e. The van der Waals surface area contributed by atoms with Gasteiger partial charge in [-0.3, -0.25) is 19.8 Å². The van der Waals surface area contributed by atoms with Crippen molar-refractivity contribution in [3.05, 3.63) is 75.7 Å².